The number of benzene rings is 1. The minimum Gasteiger partial charge on any atom is -0.415 e. The lowest BCUT2D eigenvalue weighted by atomic mass is 9.86. The predicted octanol–water partition coefficient (Wildman–Crippen LogP) is 4.60. The van der Waals surface area contributed by atoms with Crippen LogP contribution in [-0.2, 0) is 15.8 Å². The van der Waals surface area contributed by atoms with Crippen molar-refractivity contribution in [2.75, 3.05) is 6.61 Å². The predicted molar refractivity (Wildman–Crippen MR) is 93.5 cm³/mol. The fraction of sp³-hybridized carbons (Fsp3) is 0.611. The summed E-state index contributed by atoms with van der Waals surface area (Å²) in [6, 6.07) is 8.10. The van der Waals surface area contributed by atoms with Crippen LogP contribution >= 0.6 is 0 Å². The number of carbonyl (C=O) groups is 1. The van der Waals surface area contributed by atoms with Gasteiger partial charge in [0.15, 0.2) is 14.2 Å². The molecule has 0 N–H and O–H groups in total. The third-order valence-corrected chi connectivity index (χ3v) is 9.80. The zero-order chi connectivity index (χ0) is 19.0. The minimum absolute atomic E-state index is 0.0702. The summed E-state index contributed by atoms with van der Waals surface area (Å²) in [4.78, 5) is 13.4. The van der Waals surface area contributed by atoms with Crippen molar-refractivity contribution >= 4 is 14.2 Å². The molecule has 1 aromatic rings. The summed E-state index contributed by atoms with van der Waals surface area (Å²) in [5, 5.41) is -0.0985. The van der Waals surface area contributed by atoms with Crippen molar-refractivity contribution in [3.63, 3.8) is 0 Å². The van der Waals surface area contributed by atoms with Gasteiger partial charge in [-0.25, -0.2) is 0 Å². The molecular formula is C18H26F3NO2Si. The molecule has 0 saturated carbocycles. The maximum Gasteiger partial charge on any atom is 0.402 e. The Morgan fingerprint density at radius 2 is 1.68 bits per heavy atom. The number of β-lactam (4-membered cyclic amide) rings is 1. The molecule has 1 saturated heterocycles. The molecule has 25 heavy (non-hydrogen) atoms. The van der Waals surface area contributed by atoms with Gasteiger partial charge in [0, 0.05) is 6.54 Å². The van der Waals surface area contributed by atoms with Gasteiger partial charge in [-0.3, -0.25) is 4.79 Å². The van der Waals surface area contributed by atoms with E-state index in [0.29, 0.717) is 0 Å². The smallest absolute Gasteiger partial charge is 0.402 e. The van der Waals surface area contributed by atoms with E-state index in [4.69, 9.17) is 4.43 Å². The van der Waals surface area contributed by atoms with Crippen LogP contribution in [0.15, 0.2) is 30.3 Å². The van der Waals surface area contributed by atoms with E-state index in [0.717, 1.165) is 5.56 Å². The average molecular weight is 373 g/mol. The lowest BCUT2D eigenvalue weighted by Gasteiger charge is -2.49. The van der Waals surface area contributed by atoms with Gasteiger partial charge in [0.05, 0.1) is 12.6 Å². The Morgan fingerprint density at radius 3 is 2.16 bits per heavy atom. The van der Waals surface area contributed by atoms with Crippen molar-refractivity contribution in [3.05, 3.63) is 35.9 Å². The maximum atomic E-state index is 13.3. The number of hydrogen-bond acceptors (Lipinski definition) is 2. The molecule has 1 aromatic carbocycles. The molecule has 140 valence electrons. The third-order valence-electron chi connectivity index (χ3n) is 5.30. The Hall–Kier alpha value is -1.34. The van der Waals surface area contributed by atoms with Crippen LogP contribution in [0.25, 0.3) is 0 Å². The average Bonchev–Trinajstić information content (AvgIpc) is 2.47. The van der Waals surface area contributed by atoms with Gasteiger partial charge in [-0.2, -0.15) is 13.2 Å². The van der Waals surface area contributed by atoms with Crippen molar-refractivity contribution in [3.8, 4) is 0 Å². The van der Waals surface area contributed by atoms with Crippen LogP contribution in [0.3, 0.4) is 0 Å². The highest BCUT2D eigenvalue weighted by Crippen LogP contribution is 2.43. The standard InChI is InChI=1S/C18H26F3NO2Si/c1-17(2,3)25(4,5)24-12-14-15(18(19,20)21)16(23)22(14)11-13-9-7-6-8-10-13/h6-10,14-15H,11-12H2,1-5H3/t14-,15+/m1/s1. The number of likely N-dealkylation sites (tertiary alicyclic amines) is 1. The molecule has 1 heterocycles. The normalized spacial score (nSPS) is 22.1. The fourth-order valence-corrected chi connectivity index (χ4v) is 3.65. The molecule has 0 unspecified atom stereocenters. The molecule has 0 bridgehead atoms. The number of halogens is 3. The summed E-state index contributed by atoms with van der Waals surface area (Å²) in [6.07, 6.45) is -4.54. The first-order valence-electron chi connectivity index (χ1n) is 8.40. The summed E-state index contributed by atoms with van der Waals surface area (Å²) >= 11 is 0. The van der Waals surface area contributed by atoms with E-state index >= 15 is 0 Å². The topological polar surface area (TPSA) is 29.5 Å². The van der Waals surface area contributed by atoms with E-state index in [1.54, 1.807) is 12.1 Å². The second-order valence-corrected chi connectivity index (χ2v) is 12.9. The highest BCUT2D eigenvalue weighted by atomic mass is 28.4. The second kappa shape index (κ2) is 6.76. The number of rotatable bonds is 5. The maximum absolute atomic E-state index is 13.3. The van der Waals surface area contributed by atoms with E-state index in [2.05, 4.69) is 0 Å². The summed E-state index contributed by atoms with van der Waals surface area (Å²) in [6.45, 7) is 10.2. The molecule has 7 heteroatoms. The zero-order valence-corrected chi connectivity index (χ0v) is 16.4. The van der Waals surface area contributed by atoms with Gasteiger partial charge in [0.25, 0.3) is 0 Å². The highest BCUT2D eigenvalue weighted by Gasteiger charge is 2.61. The lowest BCUT2D eigenvalue weighted by Crippen LogP contribution is -2.67. The van der Waals surface area contributed by atoms with Crippen LogP contribution in [-0.4, -0.2) is 37.9 Å². The van der Waals surface area contributed by atoms with Crippen LogP contribution in [0.5, 0.6) is 0 Å². The first-order chi connectivity index (χ1) is 11.3. The van der Waals surface area contributed by atoms with Crippen LogP contribution in [0.1, 0.15) is 26.3 Å². The zero-order valence-electron chi connectivity index (χ0n) is 15.4. The minimum atomic E-state index is -4.54. The lowest BCUT2D eigenvalue weighted by molar-refractivity contribution is -0.231. The molecular weight excluding hydrogens is 347 g/mol. The first kappa shape index (κ1) is 20.0. The molecule has 3 nitrogen and oxygen atoms in total. The fourth-order valence-electron chi connectivity index (χ4n) is 2.63. The Morgan fingerprint density at radius 1 is 1.12 bits per heavy atom. The molecule has 0 spiro atoms. The van der Waals surface area contributed by atoms with Crippen molar-refractivity contribution < 1.29 is 22.4 Å². The van der Waals surface area contributed by atoms with Gasteiger partial charge in [0.2, 0.25) is 5.91 Å². The summed E-state index contributed by atoms with van der Waals surface area (Å²) in [5.41, 5.74) is 0.814. The molecule has 1 aliphatic rings. The van der Waals surface area contributed by atoms with E-state index in [1.807, 2.05) is 52.1 Å². The quantitative estimate of drug-likeness (QED) is 0.558. The van der Waals surface area contributed by atoms with Crippen molar-refractivity contribution in [1.82, 2.24) is 4.90 Å². The largest absolute Gasteiger partial charge is 0.415 e. The Balaban J connectivity index is 2.15. The third kappa shape index (κ3) is 4.26. The number of nitrogens with zero attached hydrogens (tertiary/aromatic N) is 1. The van der Waals surface area contributed by atoms with Gasteiger partial charge < -0.3 is 9.33 Å². The van der Waals surface area contributed by atoms with Crippen LogP contribution in [0.2, 0.25) is 18.1 Å². The molecule has 1 fully saturated rings. The Bertz CT molecular complexity index is 611. The van der Waals surface area contributed by atoms with Gasteiger partial charge in [-0.1, -0.05) is 51.1 Å². The SMILES string of the molecule is CC(C)(C)[Si](C)(C)OC[C@@H]1[C@H](C(F)(F)F)C(=O)N1Cc1ccccc1. The van der Waals surface area contributed by atoms with Crippen LogP contribution in [0.4, 0.5) is 13.2 Å². The van der Waals surface area contributed by atoms with E-state index < -0.39 is 32.4 Å². The monoisotopic (exact) mass is 373 g/mol. The van der Waals surface area contributed by atoms with Gasteiger partial charge in [-0.15, -0.1) is 0 Å². The van der Waals surface area contributed by atoms with E-state index in [9.17, 15) is 18.0 Å². The van der Waals surface area contributed by atoms with Crippen LogP contribution < -0.4 is 0 Å². The number of amides is 1. The van der Waals surface area contributed by atoms with E-state index in [1.165, 1.54) is 4.90 Å². The Labute approximate surface area is 148 Å². The van der Waals surface area contributed by atoms with Crippen LogP contribution in [0, 0.1) is 5.92 Å². The number of hydrogen-bond donors (Lipinski definition) is 0. The van der Waals surface area contributed by atoms with Gasteiger partial charge in [-0.05, 0) is 23.7 Å². The molecule has 0 aliphatic carbocycles. The number of alkyl halides is 3. The highest BCUT2D eigenvalue weighted by molar-refractivity contribution is 6.74. The summed E-state index contributed by atoms with van der Waals surface area (Å²) < 4.78 is 45.8. The molecule has 0 radical (unpaired) electrons. The van der Waals surface area contributed by atoms with Crippen molar-refractivity contribution in [2.45, 2.75) is 57.7 Å². The molecule has 2 atom stereocenters. The first-order valence-corrected chi connectivity index (χ1v) is 11.3. The van der Waals surface area contributed by atoms with Crippen molar-refractivity contribution in [2.24, 2.45) is 5.92 Å². The molecule has 2 rings (SSSR count). The van der Waals surface area contributed by atoms with Crippen molar-refractivity contribution in [1.29, 1.82) is 0 Å². The van der Waals surface area contributed by atoms with E-state index in [-0.39, 0.29) is 18.2 Å². The Kier molecular flexibility index (Phi) is 5.40. The summed E-state index contributed by atoms with van der Waals surface area (Å²) in [5.74, 6) is -2.82. The molecule has 0 aromatic heterocycles. The molecule has 1 aliphatic heterocycles. The molecule has 1 amide bonds. The van der Waals surface area contributed by atoms with Gasteiger partial charge in [0.1, 0.15) is 0 Å². The second-order valence-electron chi connectivity index (χ2n) is 8.11. The number of carbonyl (C=O) groups excluding carboxylic acids is 1. The van der Waals surface area contributed by atoms with Gasteiger partial charge >= 0.3 is 6.18 Å². The summed E-state index contributed by atoms with van der Waals surface area (Å²) in [7, 11) is -2.19.